The van der Waals surface area contributed by atoms with Crippen LogP contribution >= 0.6 is 11.3 Å². The Hall–Kier alpha value is -3.06. The van der Waals surface area contributed by atoms with Crippen LogP contribution in [0.1, 0.15) is 16.9 Å². The van der Waals surface area contributed by atoms with Crippen molar-refractivity contribution in [2.75, 3.05) is 4.90 Å². The monoisotopic (exact) mass is 398 g/mol. The molecular formula is C21H16F2N2O2S. The first-order valence-electron chi connectivity index (χ1n) is 8.63. The van der Waals surface area contributed by atoms with Gasteiger partial charge in [-0.2, -0.15) is 0 Å². The molecular weight excluding hydrogens is 382 g/mol. The standard InChI is InChI=1S/C21H16F2N2O2S/c1-13-4-6-14(7-5-13)9-19(26)25(12-16-3-2-8-27-16)21-24-20-17(23)10-15(22)11-18(20)28-21/h2-8,10-11H,9,12H2,1H3. The van der Waals surface area contributed by atoms with Gasteiger partial charge in [0.2, 0.25) is 5.91 Å². The summed E-state index contributed by atoms with van der Waals surface area (Å²) in [6, 6.07) is 13.2. The smallest absolute Gasteiger partial charge is 0.233 e. The first kappa shape index (κ1) is 18.3. The molecule has 142 valence electrons. The molecule has 0 atom stereocenters. The number of hydrogen-bond donors (Lipinski definition) is 0. The van der Waals surface area contributed by atoms with Crippen LogP contribution in [-0.4, -0.2) is 10.9 Å². The van der Waals surface area contributed by atoms with E-state index in [2.05, 4.69) is 4.98 Å². The number of carbonyl (C=O) groups is 1. The predicted octanol–water partition coefficient (Wildman–Crippen LogP) is 5.25. The summed E-state index contributed by atoms with van der Waals surface area (Å²) in [5, 5.41) is 0.299. The fraction of sp³-hybridized carbons (Fsp3) is 0.143. The molecule has 2 aromatic carbocycles. The molecule has 0 aliphatic heterocycles. The van der Waals surface area contributed by atoms with Crippen LogP contribution in [0.4, 0.5) is 13.9 Å². The highest BCUT2D eigenvalue weighted by molar-refractivity contribution is 7.22. The molecule has 0 aliphatic rings. The average Bonchev–Trinajstić information content (AvgIpc) is 3.31. The number of anilines is 1. The van der Waals surface area contributed by atoms with E-state index >= 15 is 0 Å². The van der Waals surface area contributed by atoms with E-state index in [0.717, 1.165) is 28.5 Å². The first-order chi connectivity index (χ1) is 13.5. The van der Waals surface area contributed by atoms with Gasteiger partial charge >= 0.3 is 0 Å². The lowest BCUT2D eigenvalue weighted by Gasteiger charge is -2.18. The third-order valence-electron chi connectivity index (χ3n) is 4.30. The second-order valence-corrected chi connectivity index (χ2v) is 7.46. The quantitative estimate of drug-likeness (QED) is 0.461. The van der Waals surface area contributed by atoms with Crippen molar-refractivity contribution in [2.24, 2.45) is 0 Å². The Labute approximate surface area is 164 Å². The largest absolute Gasteiger partial charge is 0.467 e. The van der Waals surface area contributed by atoms with E-state index in [1.54, 1.807) is 12.1 Å². The zero-order valence-electron chi connectivity index (χ0n) is 15.0. The summed E-state index contributed by atoms with van der Waals surface area (Å²) < 4.78 is 33.3. The number of amides is 1. The molecule has 0 bridgehead atoms. The number of aryl methyl sites for hydroxylation is 1. The minimum absolute atomic E-state index is 0.0500. The third kappa shape index (κ3) is 3.80. The molecule has 0 unspecified atom stereocenters. The van der Waals surface area contributed by atoms with Crippen molar-refractivity contribution in [1.29, 1.82) is 0 Å². The third-order valence-corrected chi connectivity index (χ3v) is 5.33. The lowest BCUT2D eigenvalue weighted by Crippen LogP contribution is -2.31. The lowest BCUT2D eigenvalue weighted by atomic mass is 10.1. The summed E-state index contributed by atoms with van der Waals surface area (Å²) in [6.45, 7) is 2.13. The van der Waals surface area contributed by atoms with Crippen LogP contribution in [-0.2, 0) is 17.8 Å². The average molecular weight is 398 g/mol. The molecule has 0 N–H and O–H groups in total. The Balaban J connectivity index is 1.69. The second-order valence-electron chi connectivity index (χ2n) is 6.45. The van der Waals surface area contributed by atoms with Crippen LogP contribution in [0.25, 0.3) is 10.2 Å². The molecule has 0 fully saturated rings. The van der Waals surface area contributed by atoms with E-state index < -0.39 is 11.6 Å². The van der Waals surface area contributed by atoms with Crippen molar-refractivity contribution in [3.05, 3.63) is 83.3 Å². The van der Waals surface area contributed by atoms with E-state index in [1.165, 1.54) is 17.2 Å². The number of hydrogen-bond acceptors (Lipinski definition) is 4. The molecule has 0 saturated carbocycles. The summed E-state index contributed by atoms with van der Waals surface area (Å²) in [4.78, 5) is 18.7. The Morgan fingerprint density at radius 1 is 1.18 bits per heavy atom. The number of rotatable bonds is 5. The maximum absolute atomic E-state index is 14.1. The van der Waals surface area contributed by atoms with Crippen LogP contribution in [0.2, 0.25) is 0 Å². The van der Waals surface area contributed by atoms with Gasteiger partial charge in [-0.1, -0.05) is 41.2 Å². The number of fused-ring (bicyclic) bond motifs is 1. The molecule has 4 nitrogen and oxygen atoms in total. The maximum atomic E-state index is 14.1. The van der Waals surface area contributed by atoms with E-state index in [0.29, 0.717) is 15.6 Å². The fourth-order valence-electron chi connectivity index (χ4n) is 2.86. The first-order valence-corrected chi connectivity index (χ1v) is 9.45. The Bertz CT molecular complexity index is 1120. The van der Waals surface area contributed by atoms with Crippen LogP contribution in [0.15, 0.2) is 59.2 Å². The molecule has 1 amide bonds. The molecule has 7 heteroatoms. The molecule has 0 spiro atoms. The minimum Gasteiger partial charge on any atom is -0.467 e. The highest BCUT2D eigenvalue weighted by Crippen LogP contribution is 2.32. The molecule has 0 saturated heterocycles. The highest BCUT2D eigenvalue weighted by Gasteiger charge is 2.23. The number of carbonyl (C=O) groups excluding carboxylic acids is 1. The Morgan fingerprint density at radius 3 is 2.68 bits per heavy atom. The Morgan fingerprint density at radius 2 is 1.96 bits per heavy atom. The number of furan rings is 1. The summed E-state index contributed by atoms with van der Waals surface area (Å²) in [6.07, 6.45) is 1.68. The van der Waals surface area contributed by atoms with Gasteiger partial charge in [0.05, 0.1) is 23.9 Å². The molecule has 0 radical (unpaired) electrons. The van der Waals surface area contributed by atoms with Crippen molar-refractivity contribution in [3.8, 4) is 0 Å². The van der Waals surface area contributed by atoms with Gasteiger partial charge in [-0.05, 0) is 30.7 Å². The van der Waals surface area contributed by atoms with E-state index in [4.69, 9.17) is 4.42 Å². The van der Waals surface area contributed by atoms with E-state index in [9.17, 15) is 13.6 Å². The summed E-state index contributed by atoms with van der Waals surface area (Å²) in [7, 11) is 0. The van der Waals surface area contributed by atoms with Gasteiger partial charge in [0.15, 0.2) is 10.9 Å². The highest BCUT2D eigenvalue weighted by atomic mass is 32.1. The van der Waals surface area contributed by atoms with Gasteiger partial charge in [-0.3, -0.25) is 9.69 Å². The number of aromatic nitrogens is 1. The predicted molar refractivity (Wildman–Crippen MR) is 104 cm³/mol. The van der Waals surface area contributed by atoms with Crippen molar-refractivity contribution in [2.45, 2.75) is 19.9 Å². The molecule has 2 heterocycles. The van der Waals surface area contributed by atoms with Crippen molar-refractivity contribution >= 4 is 32.6 Å². The molecule has 2 aromatic heterocycles. The van der Waals surface area contributed by atoms with Crippen LogP contribution in [0, 0.1) is 18.6 Å². The van der Waals surface area contributed by atoms with Crippen molar-refractivity contribution in [1.82, 2.24) is 4.98 Å². The van der Waals surface area contributed by atoms with Gasteiger partial charge < -0.3 is 4.42 Å². The lowest BCUT2D eigenvalue weighted by molar-refractivity contribution is -0.118. The summed E-state index contributed by atoms with van der Waals surface area (Å²) in [5.74, 6) is -1.06. The number of benzene rings is 2. The molecule has 0 aliphatic carbocycles. The normalized spacial score (nSPS) is 11.1. The second kappa shape index (κ2) is 7.52. The van der Waals surface area contributed by atoms with Crippen molar-refractivity contribution in [3.63, 3.8) is 0 Å². The van der Waals surface area contributed by atoms with Gasteiger partial charge in [0.25, 0.3) is 0 Å². The number of nitrogens with zero attached hydrogens (tertiary/aromatic N) is 2. The number of halogens is 2. The van der Waals surface area contributed by atoms with E-state index in [-0.39, 0.29) is 24.4 Å². The van der Waals surface area contributed by atoms with E-state index in [1.807, 2.05) is 31.2 Å². The summed E-state index contributed by atoms with van der Waals surface area (Å²) >= 11 is 1.07. The minimum atomic E-state index is -0.749. The zero-order valence-corrected chi connectivity index (χ0v) is 15.8. The van der Waals surface area contributed by atoms with Crippen LogP contribution in [0.5, 0.6) is 0 Å². The van der Waals surface area contributed by atoms with Crippen LogP contribution in [0.3, 0.4) is 0 Å². The zero-order chi connectivity index (χ0) is 19.7. The maximum Gasteiger partial charge on any atom is 0.233 e. The topological polar surface area (TPSA) is 46.3 Å². The van der Waals surface area contributed by atoms with Gasteiger partial charge in [-0.15, -0.1) is 0 Å². The van der Waals surface area contributed by atoms with Gasteiger partial charge in [0, 0.05) is 6.07 Å². The SMILES string of the molecule is Cc1ccc(CC(=O)N(Cc2ccco2)c2nc3c(F)cc(F)cc3s2)cc1. The molecule has 4 rings (SSSR count). The van der Waals surface area contributed by atoms with Crippen LogP contribution < -0.4 is 4.90 Å². The van der Waals surface area contributed by atoms with Crippen molar-refractivity contribution < 1.29 is 18.0 Å². The summed E-state index contributed by atoms with van der Waals surface area (Å²) in [5.41, 5.74) is 2.01. The number of thiazole rings is 1. The van der Waals surface area contributed by atoms with Gasteiger partial charge in [0.1, 0.15) is 17.1 Å². The van der Waals surface area contributed by atoms with Gasteiger partial charge in [-0.25, -0.2) is 13.8 Å². The Kier molecular flexibility index (Phi) is 4.92. The molecule has 28 heavy (non-hydrogen) atoms. The fourth-order valence-corrected chi connectivity index (χ4v) is 3.88. The molecule has 4 aromatic rings.